The smallest absolute Gasteiger partial charge is 0.321 e. The topological polar surface area (TPSA) is 72.8 Å². The van der Waals surface area contributed by atoms with Gasteiger partial charge in [-0.1, -0.05) is 0 Å². The van der Waals surface area contributed by atoms with Crippen molar-refractivity contribution >= 4 is 5.95 Å². The summed E-state index contributed by atoms with van der Waals surface area (Å²) in [6, 6.07) is 4.06. The van der Waals surface area contributed by atoms with E-state index in [9.17, 15) is 0 Å². The largest absolute Gasteiger partial charge is 0.464 e. The molecule has 0 bridgehead atoms. The van der Waals surface area contributed by atoms with Gasteiger partial charge in [0, 0.05) is 24.5 Å². The SMILES string of the molecule is CCNc1nc(OCC)nc(-c2cccnc2)n1. The second kappa shape index (κ2) is 5.90. The molecule has 0 fully saturated rings. The van der Waals surface area contributed by atoms with Crippen molar-refractivity contribution in [2.24, 2.45) is 0 Å². The number of nitrogens with zero attached hydrogens (tertiary/aromatic N) is 4. The average Bonchev–Trinajstić information content (AvgIpc) is 2.40. The van der Waals surface area contributed by atoms with Crippen LogP contribution in [0.1, 0.15) is 13.8 Å². The van der Waals surface area contributed by atoms with Crippen molar-refractivity contribution in [3.05, 3.63) is 24.5 Å². The molecule has 18 heavy (non-hydrogen) atoms. The Hall–Kier alpha value is -2.24. The number of anilines is 1. The quantitative estimate of drug-likeness (QED) is 0.865. The van der Waals surface area contributed by atoms with Crippen LogP contribution in [0, 0.1) is 0 Å². The van der Waals surface area contributed by atoms with Crippen molar-refractivity contribution in [1.82, 2.24) is 19.9 Å². The predicted molar refractivity (Wildman–Crippen MR) is 68.4 cm³/mol. The molecule has 2 aromatic rings. The lowest BCUT2D eigenvalue weighted by atomic mass is 10.3. The van der Waals surface area contributed by atoms with Crippen LogP contribution < -0.4 is 10.1 Å². The van der Waals surface area contributed by atoms with Crippen LogP contribution in [0.2, 0.25) is 0 Å². The van der Waals surface area contributed by atoms with E-state index in [4.69, 9.17) is 4.74 Å². The third kappa shape index (κ3) is 2.91. The molecule has 6 nitrogen and oxygen atoms in total. The molecule has 2 rings (SSSR count). The van der Waals surface area contributed by atoms with E-state index < -0.39 is 0 Å². The Morgan fingerprint density at radius 3 is 2.78 bits per heavy atom. The average molecular weight is 245 g/mol. The highest BCUT2D eigenvalue weighted by Crippen LogP contribution is 2.17. The molecular formula is C12H15N5O. The van der Waals surface area contributed by atoms with E-state index in [1.165, 1.54) is 0 Å². The molecule has 0 aliphatic carbocycles. The van der Waals surface area contributed by atoms with Crippen molar-refractivity contribution < 1.29 is 4.74 Å². The van der Waals surface area contributed by atoms with Crippen molar-refractivity contribution in [1.29, 1.82) is 0 Å². The van der Waals surface area contributed by atoms with Crippen LogP contribution in [-0.4, -0.2) is 33.1 Å². The van der Waals surface area contributed by atoms with Crippen molar-refractivity contribution in [2.75, 3.05) is 18.5 Å². The van der Waals surface area contributed by atoms with Crippen molar-refractivity contribution in [3.63, 3.8) is 0 Å². The summed E-state index contributed by atoms with van der Waals surface area (Å²) in [5.74, 6) is 1.06. The molecule has 0 radical (unpaired) electrons. The third-order valence-corrected chi connectivity index (χ3v) is 2.14. The van der Waals surface area contributed by atoms with Crippen LogP contribution in [0.15, 0.2) is 24.5 Å². The molecule has 0 atom stereocenters. The zero-order chi connectivity index (χ0) is 12.8. The van der Waals surface area contributed by atoms with Crippen LogP contribution in [0.5, 0.6) is 6.01 Å². The van der Waals surface area contributed by atoms with Gasteiger partial charge in [-0.05, 0) is 26.0 Å². The molecule has 2 aromatic heterocycles. The summed E-state index contributed by atoms with van der Waals surface area (Å²) in [4.78, 5) is 16.8. The number of pyridine rings is 1. The highest BCUT2D eigenvalue weighted by Gasteiger charge is 2.08. The minimum Gasteiger partial charge on any atom is -0.464 e. The molecule has 0 unspecified atom stereocenters. The lowest BCUT2D eigenvalue weighted by Gasteiger charge is -2.07. The first-order valence-electron chi connectivity index (χ1n) is 5.86. The first-order valence-corrected chi connectivity index (χ1v) is 5.86. The van der Waals surface area contributed by atoms with Gasteiger partial charge in [0.1, 0.15) is 0 Å². The minimum absolute atomic E-state index is 0.322. The first kappa shape index (κ1) is 12.2. The summed E-state index contributed by atoms with van der Waals surface area (Å²) < 4.78 is 5.33. The molecule has 2 heterocycles. The molecule has 94 valence electrons. The Bertz CT molecular complexity index is 479. The van der Waals surface area contributed by atoms with Gasteiger partial charge in [-0.3, -0.25) is 4.98 Å². The molecule has 0 amide bonds. The molecule has 0 aliphatic heterocycles. The highest BCUT2D eigenvalue weighted by molar-refractivity contribution is 5.54. The van der Waals surface area contributed by atoms with Crippen LogP contribution in [0.4, 0.5) is 5.95 Å². The second-order valence-corrected chi connectivity index (χ2v) is 3.47. The van der Waals surface area contributed by atoms with Crippen molar-refractivity contribution in [3.8, 4) is 17.4 Å². The molecule has 0 saturated carbocycles. The Morgan fingerprint density at radius 1 is 1.22 bits per heavy atom. The summed E-state index contributed by atoms with van der Waals surface area (Å²) in [5, 5.41) is 3.05. The molecule has 0 spiro atoms. The Labute approximate surface area is 105 Å². The Morgan fingerprint density at radius 2 is 2.11 bits per heavy atom. The van der Waals surface area contributed by atoms with Gasteiger partial charge in [-0.25, -0.2) is 0 Å². The summed E-state index contributed by atoms with van der Waals surface area (Å²) in [5.41, 5.74) is 0.833. The van der Waals surface area contributed by atoms with Gasteiger partial charge in [0.25, 0.3) is 0 Å². The van der Waals surface area contributed by atoms with E-state index in [0.717, 1.165) is 12.1 Å². The van der Waals surface area contributed by atoms with Crippen molar-refractivity contribution in [2.45, 2.75) is 13.8 Å². The normalized spacial score (nSPS) is 10.1. The van der Waals surface area contributed by atoms with Gasteiger partial charge in [0.15, 0.2) is 5.82 Å². The van der Waals surface area contributed by atoms with Crippen LogP contribution in [-0.2, 0) is 0 Å². The van der Waals surface area contributed by atoms with Gasteiger partial charge >= 0.3 is 6.01 Å². The lowest BCUT2D eigenvalue weighted by Crippen LogP contribution is -2.07. The summed E-state index contributed by atoms with van der Waals surface area (Å²) >= 11 is 0. The van der Waals surface area contributed by atoms with Crippen LogP contribution in [0.25, 0.3) is 11.4 Å². The fourth-order valence-corrected chi connectivity index (χ4v) is 1.41. The number of ether oxygens (including phenoxy) is 1. The van der Waals surface area contributed by atoms with E-state index in [-0.39, 0.29) is 0 Å². The zero-order valence-electron chi connectivity index (χ0n) is 10.4. The number of nitrogens with one attached hydrogen (secondary N) is 1. The number of aromatic nitrogens is 4. The van der Waals surface area contributed by atoms with E-state index >= 15 is 0 Å². The van der Waals surface area contributed by atoms with Gasteiger partial charge in [0.05, 0.1) is 6.61 Å². The molecular weight excluding hydrogens is 230 g/mol. The minimum atomic E-state index is 0.322. The zero-order valence-corrected chi connectivity index (χ0v) is 10.4. The van der Waals surface area contributed by atoms with Gasteiger partial charge in [0.2, 0.25) is 5.95 Å². The van der Waals surface area contributed by atoms with Gasteiger partial charge in [-0.15, -0.1) is 0 Å². The Kier molecular flexibility index (Phi) is 4.01. The first-order chi connectivity index (χ1) is 8.83. The summed E-state index contributed by atoms with van der Waals surface area (Å²) in [7, 11) is 0. The van der Waals surface area contributed by atoms with E-state index in [1.807, 2.05) is 26.0 Å². The maximum Gasteiger partial charge on any atom is 0.321 e. The molecule has 0 aromatic carbocycles. The van der Waals surface area contributed by atoms with E-state index in [1.54, 1.807) is 12.4 Å². The number of hydrogen-bond acceptors (Lipinski definition) is 6. The molecule has 6 heteroatoms. The number of rotatable bonds is 5. The van der Waals surface area contributed by atoms with Crippen LogP contribution in [0.3, 0.4) is 0 Å². The van der Waals surface area contributed by atoms with Crippen LogP contribution >= 0.6 is 0 Å². The van der Waals surface area contributed by atoms with E-state index in [2.05, 4.69) is 25.3 Å². The fourth-order valence-electron chi connectivity index (χ4n) is 1.41. The second-order valence-electron chi connectivity index (χ2n) is 3.47. The standard InChI is InChI=1S/C12H15N5O/c1-3-14-11-15-10(9-6-5-7-13-8-9)16-12(17-11)18-4-2/h5-8H,3-4H2,1-2H3,(H,14,15,16,17). The third-order valence-electron chi connectivity index (χ3n) is 2.14. The molecule has 1 N–H and O–H groups in total. The fraction of sp³-hybridized carbons (Fsp3) is 0.333. The number of hydrogen-bond donors (Lipinski definition) is 1. The Balaban J connectivity index is 2.39. The van der Waals surface area contributed by atoms with E-state index in [0.29, 0.717) is 24.4 Å². The van der Waals surface area contributed by atoms with Gasteiger partial charge in [-0.2, -0.15) is 15.0 Å². The maximum atomic E-state index is 5.33. The molecule has 0 saturated heterocycles. The predicted octanol–water partition coefficient (Wildman–Crippen LogP) is 1.76. The summed E-state index contributed by atoms with van der Waals surface area (Å²) in [6.45, 7) is 5.12. The monoisotopic (exact) mass is 245 g/mol. The van der Waals surface area contributed by atoms with Gasteiger partial charge < -0.3 is 10.1 Å². The highest BCUT2D eigenvalue weighted by atomic mass is 16.5. The lowest BCUT2D eigenvalue weighted by molar-refractivity contribution is 0.312. The maximum absolute atomic E-state index is 5.33. The summed E-state index contributed by atoms with van der Waals surface area (Å²) in [6.07, 6.45) is 3.42. The molecule has 0 aliphatic rings.